The van der Waals surface area contributed by atoms with Gasteiger partial charge in [-0.3, -0.25) is 9.69 Å². The first-order chi connectivity index (χ1) is 16.2. The van der Waals surface area contributed by atoms with Crippen molar-refractivity contribution in [2.24, 2.45) is 0 Å². The van der Waals surface area contributed by atoms with Gasteiger partial charge < -0.3 is 19.5 Å². The Morgan fingerprint density at radius 2 is 1.88 bits per heavy atom. The quantitative estimate of drug-likeness (QED) is 0.571. The number of hydrogen-bond donors (Lipinski definition) is 1. The zero-order valence-corrected chi connectivity index (χ0v) is 21.7. The molecule has 0 atom stereocenters. The molecule has 10 heteroatoms. The number of amides is 2. The van der Waals surface area contributed by atoms with Crippen LogP contribution in [0.1, 0.15) is 33.3 Å². The molecule has 2 amide bonds. The molecule has 1 saturated heterocycles. The van der Waals surface area contributed by atoms with Gasteiger partial charge in [0.25, 0.3) is 0 Å². The minimum absolute atomic E-state index is 0.0276. The average molecular weight is 489 g/mol. The average Bonchev–Trinajstić information content (AvgIpc) is 3.20. The number of nitrogens with one attached hydrogen (secondary N) is 1. The van der Waals surface area contributed by atoms with Crippen molar-refractivity contribution >= 4 is 23.8 Å². The lowest BCUT2D eigenvalue weighted by atomic mass is 10.1. The Bertz CT molecular complexity index is 979. The highest BCUT2D eigenvalue weighted by atomic mass is 32.2. The molecule has 1 aromatic heterocycles. The highest BCUT2D eigenvalue weighted by Gasteiger charge is 2.25. The van der Waals surface area contributed by atoms with Crippen LogP contribution < -0.4 is 5.32 Å². The number of rotatable bonds is 8. The van der Waals surface area contributed by atoms with Gasteiger partial charge in [-0.2, -0.15) is 0 Å². The molecule has 0 aliphatic carbocycles. The smallest absolute Gasteiger partial charge is 0.410 e. The molecule has 0 radical (unpaired) electrons. The number of carbonyl (C=O) groups excluding carboxylic acids is 2. The minimum atomic E-state index is -0.483. The summed E-state index contributed by atoms with van der Waals surface area (Å²) in [5.41, 5.74) is 1.71. The van der Waals surface area contributed by atoms with Gasteiger partial charge in [0.15, 0.2) is 11.0 Å². The van der Waals surface area contributed by atoms with E-state index in [2.05, 4.69) is 46.4 Å². The summed E-state index contributed by atoms with van der Waals surface area (Å²) < 4.78 is 7.47. The van der Waals surface area contributed by atoms with E-state index >= 15 is 0 Å². The summed E-state index contributed by atoms with van der Waals surface area (Å²) >= 11 is 1.40. The summed E-state index contributed by atoms with van der Waals surface area (Å²) in [6, 6.07) is 8.18. The molecule has 0 unspecified atom stereocenters. The number of aryl methyl sites for hydroxylation is 1. The van der Waals surface area contributed by atoms with E-state index in [9.17, 15) is 9.59 Å². The third kappa shape index (κ3) is 7.46. The van der Waals surface area contributed by atoms with Gasteiger partial charge in [-0.25, -0.2) is 4.79 Å². The highest BCUT2D eigenvalue weighted by Crippen LogP contribution is 2.24. The second-order valence-electron chi connectivity index (χ2n) is 9.37. The normalized spacial score (nSPS) is 14.8. The second kappa shape index (κ2) is 11.7. The lowest BCUT2D eigenvalue weighted by Gasteiger charge is -2.35. The van der Waals surface area contributed by atoms with Crippen molar-refractivity contribution in [3.8, 4) is 11.4 Å². The van der Waals surface area contributed by atoms with Crippen LogP contribution in [0, 0.1) is 6.92 Å². The van der Waals surface area contributed by atoms with Gasteiger partial charge in [0.05, 0.1) is 5.75 Å². The SMILES string of the molecule is CCn1c(SCC(=O)NCCN2CCN(C(=O)OC(C)(C)C)CC2)nnc1-c1cccc(C)c1. The molecule has 34 heavy (non-hydrogen) atoms. The molecular formula is C24H36N6O3S. The van der Waals surface area contributed by atoms with E-state index in [1.165, 1.54) is 17.3 Å². The van der Waals surface area contributed by atoms with E-state index in [4.69, 9.17) is 4.74 Å². The van der Waals surface area contributed by atoms with E-state index in [0.717, 1.165) is 42.7 Å². The van der Waals surface area contributed by atoms with E-state index in [1.807, 2.05) is 37.5 Å². The number of thioether (sulfide) groups is 1. The van der Waals surface area contributed by atoms with Gasteiger partial charge in [0.1, 0.15) is 5.60 Å². The summed E-state index contributed by atoms with van der Waals surface area (Å²) in [6.45, 7) is 14.6. The van der Waals surface area contributed by atoms with Crippen LogP contribution in [0.25, 0.3) is 11.4 Å². The Balaban J connectivity index is 1.39. The van der Waals surface area contributed by atoms with Crippen molar-refractivity contribution < 1.29 is 14.3 Å². The number of benzene rings is 1. The van der Waals surface area contributed by atoms with Crippen molar-refractivity contribution in [2.45, 2.75) is 51.9 Å². The van der Waals surface area contributed by atoms with Crippen molar-refractivity contribution in [1.82, 2.24) is 29.9 Å². The maximum Gasteiger partial charge on any atom is 0.410 e. The number of carbonyl (C=O) groups is 2. The van der Waals surface area contributed by atoms with Gasteiger partial charge in [0, 0.05) is 51.4 Å². The Morgan fingerprint density at radius 3 is 2.53 bits per heavy atom. The van der Waals surface area contributed by atoms with E-state index in [1.54, 1.807) is 4.90 Å². The lowest BCUT2D eigenvalue weighted by Crippen LogP contribution is -2.51. The first-order valence-electron chi connectivity index (χ1n) is 11.8. The molecule has 3 rings (SSSR count). The Morgan fingerprint density at radius 1 is 1.15 bits per heavy atom. The van der Waals surface area contributed by atoms with Crippen LogP contribution in [-0.2, 0) is 16.1 Å². The van der Waals surface area contributed by atoms with E-state index in [0.29, 0.717) is 25.4 Å². The largest absolute Gasteiger partial charge is 0.444 e. The third-order valence-electron chi connectivity index (χ3n) is 5.42. The fourth-order valence-electron chi connectivity index (χ4n) is 3.69. The predicted octanol–water partition coefficient (Wildman–Crippen LogP) is 3.03. The summed E-state index contributed by atoms with van der Waals surface area (Å²) in [5, 5.41) is 12.4. The van der Waals surface area contributed by atoms with E-state index < -0.39 is 5.60 Å². The van der Waals surface area contributed by atoms with Crippen molar-refractivity contribution in [3.05, 3.63) is 29.8 Å². The predicted molar refractivity (Wildman–Crippen MR) is 134 cm³/mol. The van der Waals surface area contributed by atoms with E-state index in [-0.39, 0.29) is 12.0 Å². The topological polar surface area (TPSA) is 92.6 Å². The molecule has 0 bridgehead atoms. The first kappa shape index (κ1) is 26.0. The molecular weight excluding hydrogens is 452 g/mol. The van der Waals surface area contributed by atoms with Gasteiger partial charge in [0.2, 0.25) is 5.91 Å². The fourth-order valence-corrected chi connectivity index (χ4v) is 4.53. The third-order valence-corrected chi connectivity index (χ3v) is 6.38. The standard InChI is InChI=1S/C24H36N6O3S/c1-6-30-21(19-9-7-8-18(2)16-19)26-27-22(30)34-17-20(31)25-10-11-28-12-14-29(15-13-28)23(32)33-24(3,4)5/h7-9,16H,6,10-15,17H2,1-5H3,(H,25,31). The van der Waals surface area contributed by atoms with Crippen LogP contribution >= 0.6 is 11.8 Å². The van der Waals surface area contributed by atoms with Crippen molar-refractivity contribution in [1.29, 1.82) is 0 Å². The molecule has 1 aliphatic rings. The van der Waals surface area contributed by atoms with Crippen LogP contribution in [0.5, 0.6) is 0 Å². The van der Waals surface area contributed by atoms with Crippen molar-refractivity contribution in [3.63, 3.8) is 0 Å². The summed E-state index contributed by atoms with van der Waals surface area (Å²) in [4.78, 5) is 28.5. The highest BCUT2D eigenvalue weighted by molar-refractivity contribution is 7.99. The van der Waals surface area contributed by atoms with Gasteiger partial charge >= 0.3 is 6.09 Å². The zero-order chi connectivity index (χ0) is 24.7. The number of nitrogens with zero attached hydrogens (tertiary/aromatic N) is 5. The summed E-state index contributed by atoms with van der Waals surface area (Å²) in [5.74, 6) is 1.08. The molecule has 2 aromatic rings. The van der Waals surface area contributed by atoms with Gasteiger partial charge in [-0.05, 0) is 40.7 Å². The molecule has 1 aromatic carbocycles. The zero-order valence-electron chi connectivity index (χ0n) is 20.8. The van der Waals surface area contributed by atoms with Gasteiger partial charge in [-0.15, -0.1) is 10.2 Å². The van der Waals surface area contributed by atoms with Crippen molar-refractivity contribution in [2.75, 3.05) is 45.0 Å². The van der Waals surface area contributed by atoms with Gasteiger partial charge in [-0.1, -0.05) is 35.5 Å². The molecule has 1 fully saturated rings. The van der Waals surface area contributed by atoms with Crippen LogP contribution in [0.3, 0.4) is 0 Å². The molecule has 2 heterocycles. The maximum absolute atomic E-state index is 12.4. The second-order valence-corrected chi connectivity index (χ2v) is 10.3. The molecule has 9 nitrogen and oxygen atoms in total. The lowest BCUT2D eigenvalue weighted by molar-refractivity contribution is -0.118. The fraction of sp³-hybridized carbons (Fsp3) is 0.583. The monoisotopic (exact) mass is 488 g/mol. The number of hydrogen-bond acceptors (Lipinski definition) is 7. The summed E-state index contributed by atoms with van der Waals surface area (Å²) in [7, 11) is 0. The minimum Gasteiger partial charge on any atom is -0.444 e. The Labute approximate surface area is 206 Å². The first-order valence-corrected chi connectivity index (χ1v) is 12.7. The molecule has 1 aliphatic heterocycles. The van der Waals surface area contributed by atoms with Crippen LogP contribution in [0.15, 0.2) is 29.4 Å². The van der Waals surface area contributed by atoms with Crippen LogP contribution in [0.4, 0.5) is 4.79 Å². The number of piperazine rings is 1. The molecule has 186 valence electrons. The van der Waals surface area contributed by atoms with Crippen LogP contribution in [0.2, 0.25) is 0 Å². The molecule has 0 saturated carbocycles. The molecule has 1 N–H and O–H groups in total. The Hall–Kier alpha value is -2.59. The summed E-state index contributed by atoms with van der Waals surface area (Å²) in [6.07, 6.45) is -0.261. The molecule has 0 spiro atoms. The van der Waals surface area contributed by atoms with Crippen LogP contribution in [-0.4, -0.2) is 87.2 Å². The number of aromatic nitrogens is 3. The number of ether oxygens (including phenoxy) is 1. The maximum atomic E-state index is 12.4. The Kier molecular flexibility index (Phi) is 8.96.